The first-order valence-electron chi connectivity index (χ1n) is 9.72. The van der Waals surface area contributed by atoms with Gasteiger partial charge in [0.05, 0.1) is 0 Å². The Morgan fingerprint density at radius 2 is 1.90 bits per heavy atom. The molecule has 0 saturated heterocycles. The molecule has 0 atom stereocenters. The molecule has 3 heterocycles. The lowest BCUT2D eigenvalue weighted by Crippen LogP contribution is -2.37. The van der Waals surface area contributed by atoms with Crippen LogP contribution >= 0.6 is 0 Å². The molecule has 0 radical (unpaired) electrons. The Kier molecular flexibility index (Phi) is 4.92. The first-order valence-corrected chi connectivity index (χ1v) is 9.72. The van der Waals surface area contributed by atoms with Gasteiger partial charge < -0.3 is 9.30 Å². The summed E-state index contributed by atoms with van der Waals surface area (Å²) in [5.74, 6) is 0.462. The van der Waals surface area contributed by atoms with Gasteiger partial charge in [0.1, 0.15) is 11.6 Å². The number of fused-ring (bicyclic) bond motifs is 1. The Morgan fingerprint density at radius 3 is 2.62 bits per heavy atom. The van der Waals surface area contributed by atoms with E-state index in [1.807, 2.05) is 61.7 Å². The molecule has 148 valence electrons. The number of benzene rings is 1. The Hall–Kier alpha value is -3.41. The molecule has 1 amide bonds. The maximum absolute atomic E-state index is 13.6. The van der Waals surface area contributed by atoms with Crippen LogP contribution in [0.1, 0.15) is 31.3 Å². The van der Waals surface area contributed by atoms with Crippen LogP contribution in [-0.2, 0) is 0 Å². The maximum atomic E-state index is 13.6. The molecule has 1 aromatic carbocycles. The number of halogens is 1. The van der Waals surface area contributed by atoms with E-state index in [0.717, 1.165) is 22.5 Å². The third kappa shape index (κ3) is 3.53. The van der Waals surface area contributed by atoms with Gasteiger partial charge in [0.25, 0.3) is 5.91 Å². The van der Waals surface area contributed by atoms with Crippen LogP contribution < -0.4 is 0 Å². The maximum Gasteiger partial charge on any atom is 0.274 e. The second kappa shape index (κ2) is 7.54. The molecule has 0 bridgehead atoms. The highest BCUT2D eigenvalue weighted by Gasteiger charge is 2.20. The summed E-state index contributed by atoms with van der Waals surface area (Å²) in [4.78, 5) is 14.5. The molecule has 0 spiro atoms. The van der Waals surface area contributed by atoms with Gasteiger partial charge >= 0.3 is 0 Å². The van der Waals surface area contributed by atoms with Crippen molar-refractivity contribution in [3.63, 3.8) is 0 Å². The van der Waals surface area contributed by atoms with E-state index in [2.05, 4.69) is 5.10 Å². The number of hydrogen-bond donors (Lipinski definition) is 0. The predicted molar refractivity (Wildman–Crippen MR) is 112 cm³/mol. The summed E-state index contributed by atoms with van der Waals surface area (Å²) >= 11 is 0. The minimum Gasteiger partial charge on any atom is -0.335 e. The number of nitrogens with zero attached hydrogens (tertiary/aromatic N) is 4. The van der Waals surface area contributed by atoms with Crippen LogP contribution in [-0.4, -0.2) is 37.6 Å². The Morgan fingerprint density at radius 1 is 1.10 bits per heavy atom. The first-order chi connectivity index (χ1) is 14.0. The van der Waals surface area contributed by atoms with E-state index in [1.54, 1.807) is 27.9 Å². The van der Waals surface area contributed by atoms with E-state index in [9.17, 15) is 9.18 Å². The van der Waals surface area contributed by atoms with Gasteiger partial charge in [-0.3, -0.25) is 4.79 Å². The van der Waals surface area contributed by atoms with Gasteiger partial charge in [0.2, 0.25) is 0 Å². The van der Waals surface area contributed by atoms with Crippen molar-refractivity contribution in [3.8, 4) is 16.9 Å². The van der Waals surface area contributed by atoms with Crippen molar-refractivity contribution in [1.29, 1.82) is 0 Å². The molecule has 0 fully saturated rings. The minimum atomic E-state index is -0.267. The highest BCUT2D eigenvalue weighted by molar-refractivity contribution is 5.92. The van der Waals surface area contributed by atoms with E-state index >= 15 is 0 Å². The van der Waals surface area contributed by atoms with Crippen LogP contribution in [0.2, 0.25) is 0 Å². The van der Waals surface area contributed by atoms with Crippen LogP contribution in [0.4, 0.5) is 4.39 Å². The SMILES string of the molecule is CCN(C(=O)c1ccn(-c2ccc3ccc(-c4cccc(F)c4)cn23)n1)C(C)C. The van der Waals surface area contributed by atoms with Gasteiger partial charge in [0, 0.05) is 30.5 Å². The van der Waals surface area contributed by atoms with Crippen molar-refractivity contribution in [2.75, 3.05) is 6.54 Å². The third-order valence-electron chi connectivity index (χ3n) is 5.06. The summed E-state index contributed by atoms with van der Waals surface area (Å²) in [5, 5.41) is 4.52. The number of rotatable bonds is 5. The van der Waals surface area contributed by atoms with Gasteiger partial charge in [0.15, 0.2) is 5.69 Å². The van der Waals surface area contributed by atoms with Crippen LogP contribution in [0.3, 0.4) is 0 Å². The van der Waals surface area contributed by atoms with Crippen molar-refractivity contribution in [3.05, 3.63) is 78.5 Å². The van der Waals surface area contributed by atoms with Crippen molar-refractivity contribution >= 4 is 11.4 Å². The third-order valence-corrected chi connectivity index (χ3v) is 5.06. The summed E-state index contributed by atoms with van der Waals surface area (Å²) in [6.45, 7) is 6.58. The highest BCUT2D eigenvalue weighted by atomic mass is 19.1. The number of pyridine rings is 1. The van der Waals surface area contributed by atoms with Gasteiger partial charge in [-0.2, -0.15) is 5.10 Å². The number of carbonyl (C=O) groups is 1. The highest BCUT2D eigenvalue weighted by Crippen LogP contribution is 2.23. The molecule has 0 aliphatic carbocycles. The normalized spacial score (nSPS) is 11.3. The fraction of sp³-hybridized carbons (Fsp3) is 0.217. The number of carbonyl (C=O) groups excluding carboxylic acids is 1. The van der Waals surface area contributed by atoms with E-state index in [4.69, 9.17) is 0 Å². The van der Waals surface area contributed by atoms with Crippen LogP contribution in [0.15, 0.2) is 67.0 Å². The van der Waals surface area contributed by atoms with Gasteiger partial charge in [-0.1, -0.05) is 18.2 Å². The van der Waals surface area contributed by atoms with Crippen LogP contribution in [0, 0.1) is 5.82 Å². The molecule has 4 aromatic rings. The van der Waals surface area contributed by atoms with Crippen molar-refractivity contribution in [1.82, 2.24) is 19.1 Å². The van der Waals surface area contributed by atoms with Crippen LogP contribution in [0.25, 0.3) is 22.5 Å². The molecule has 3 aromatic heterocycles. The van der Waals surface area contributed by atoms with E-state index in [1.165, 1.54) is 12.1 Å². The molecule has 29 heavy (non-hydrogen) atoms. The zero-order chi connectivity index (χ0) is 20.5. The van der Waals surface area contributed by atoms with Crippen molar-refractivity contribution in [2.24, 2.45) is 0 Å². The Labute approximate surface area is 169 Å². The largest absolute Gasteiger partial charge is 0.335 e. The molecule has 5 nitrogen and oxygen atoms in total. The molecule has 0 aliphatic rings. The van der Waals surface area contributed by atoms with Crippen molar-refractivity contribution < 1.29 is 9.18 Å². The first kappa shape index (κ1) is 18.9. The zero-order valence-electron chi connectivity index (χ0n) is 16.7. The van der Waals surface area contributed by atoms with Gasteiger partial charge in [-0.15, -0.1) is 0 Å². The molecular formula is C23H23FN4O. The molecule has 0 saturated carbocycles. The van der Waals surface area contributed by atoms with Gasteiger partial charge in [-0.25, -0.2) is 9.07 Å². The summed E-state index contributed by atoms with van der Waals surface area (Å²) in [5.41, 5.74) is 3.10. The lowest BCUT2D eigenvalue weighted by molar-refractivity contribution is 0.0710. The lowest BCUT2D eigenvalue weighted by atomic mass is 10.1. The summed E-state index contributed by atoms with van der Waals surface area (Å²) in [6, 6.07) is 16.3. The standard InChI is InChI=1S/C23H23FN4O/c1-4-26(16(2)3)23(29)21-12-13-28(25-21)22-11-10-20-9-8-18(15-27(20)22)17-6-5-7-19(24)14-17/h5-16H,4H2,1-3H3. The number of hydrogen-bond acceptors (Lipinski definition) is 2. The minimum absolute atomic E-state index is 0.0810. The Balaban J connectivity index is 1.73. The molecule has 4 rings (SSSR count). The Bertz CT molecular complexity index is 1170. The topological polar surface area (TPSA) is 42.5 Å². The van der Waals surface area contributed by atoms with Crippen LogP contribution in [0.5, 0.6) is 0 Å². The second-order valence-electron chi connectivity index (χ2n) is 7.24. The number of amides is 1. The lowest BCUT2D eigenvalue weighted by Gasteiger charge is -2.24. The van der Waals surface area contributed by atoms with E-state index < -0.39 is 0 Å². The molecule has 0 unspecified atom stereocenters. The number of aromatic nitrogens is 3. The fourth-order valence-electron chi connectivity index (χ4n) is 3.57. The molecule has 0 aliphatic heterocycles. The predicted octanol–water partition coefficient (Wildman–Crippen LogP) is 4.80. The van der Waals surface area contributed by atoms with Crippen molar-refractivity contribution in [2.45, 2.75) is 26.8 Å². The monoisotopic (exact) mass is 390 g/mol. The summed E-state index contributed by atoms with van der Waals surface area (Å²) in [6.07, 6.45) is 3.74. The smallest absolute Gasteiger partial charge is 0.274 e. The molecule has 0 N–H and O–H groups in total. The van der Waals surface area contributed by atoms with E-state index in [-0.39, 0.29) is 17.8 Å². The summed E-state index contributed by atoms with van der Waals surface area (Å²) < 4.78 is 17.3. The summed E-state index contributed by atoms with van der Waals surface area (Å²) in [7, 11) is 0. The quantitative estimate of drug-likeness (QED) is 0.491. The molecular weight excluding hydrogens is 367 g/mol. The zero-order valence-corrected chi connectivity index (χ0v) is 16.7. The van der Waals surface area contributed by atoms with Gasteiger partial charge in [-0.05, 0) is 68.3 Å². The van der Waals surface area contributed by atoms with E-state index in [0.29, 0.717) is 12.2 Å². The average Bonchev–Trinajstić information content (AvgIpc) is 3.34. The average molecular weight is 390 g/mol. The molecule has 6 heteroatoms. The fourth-order valence-corrected chi connectivity index (χ4v) is 3.57. The second-order valence-corrected chi connectivity index (χ2v) is 7.24.